The van der Waals surface area contributed by atoms with Crippen LogP contribution in [-0.4, -0.2) is 41.9 Å². The standard InChI is InChI=1S/C23H30N2O2/c1-19-5-2-6-20(15-19)16-24-12-4-10-23(17-24)11-13-25(18-23)22(26)9-8-21-7-3-14-27-21/h2-3,5-7,14-15H,4,8-13,16-18H2,1H3. The Bertz CT molecular complexity index is 770. The first kappa shape index (κ1) is 18.3. The van der Waals surface area contributed by atoms with E-state index >= 15 is 0 Å². The maximum atomic E-state index is 12.6. The summed E-state index contributed by atoms with van der Waals surface area (Å²) in [6.45, 7) is 7.30. The molecular formula is C23H30N2O2. The lowest BCUT2D eigenvalue weighted by molar-refractivity contribution is -0.130. The van der Waals surface area contributed by atoms with Crippen LogP contribution in [0.5, 0.6) is 0 Å². The van der Waals surface area contributed by atoms with Gasteiger partial charge in [-0.3, -0.25) is 9.69 Å². The molecule has 1 amide bonds. The maximum Gasteiger partial charge on any atom is 0.223 e. The van der Waals surface area contributed by atoms with E-state index in [0.29, 0.717) is 18.3 Å². The van der Waals surface area contributed by atoms with Crippen LogP contribution in [0.15, 0.2) is 47.1 Å². The molecule has 2 aliphatic rings. The van der Waals surface area contributed by atoms with Crippen LogP contribution in [0, 0.1) is 12.3 Å². The molecule has 2 fully saturated rings. The van der Waals surface area contributed by atoms with E-state index in [9.17, 15) is 4.79 Å². The summed E-state index contributed by atoms with van der Waals surface area (Å²) in [5, 5.41) is 0. The van der Waals surface area contributed by atoms with Crippen LogP contribution in [0.4, 0.5) is 0 Å². The minimum Gasteiger partial charge on any atom is -0.469 e. The summed E-state index contributed by atoms with van der Waals surface area (Å²) < 4.78 is 5.36. The average molecular weight is 367 g/mol. The Kier molecular flexibility index (Phi) is 5.35. The predicted molar refractivity (Wildman–Crippen MR) is 106 cm³/mol. The third-order valence-corrected chi connectivity index (χ3v) is 6.19. The molecule has 1 atom stereocenters. The third kappa shape index (κ3) is 4.44. The van der Waals surface area contributed by atoms with Crippen molar-refractivity contribution in [2.75, 3.05) is 26.2 Å². The van der Waals surface area contributed by atoms with Crippen LogP contribution in [0.3, 0.4) is 0 Å². The quantitative estimate of drug-likeness (QED) is 0.801. The van der Waals surface area contributed by atoms with Gasteiger partial charge in [-0.15, -0.1) is 0 Å². The molecule has 1 aromatic heterocycles. The van der Waals surface area contributed by atoms with Crippen molar-refractivity contribution in [3.63, 3.8) is 0 Å². The summed E-state index contributed by atoms with van der Waals surface area (Å²) in [7, 11) is 0. The Morgan fingerprint density at radius 2 is 2.07 bits per heavy atom. The number of hydrogen-bond acceptors (Lipinski definition) is 3. The summed E-state index contributed by atoms with van der Waals surface area (Å²) in [5.41, 5.74) is 3.02. The highest BCUT2D eigenvalue weighted by Crippen LogP contribution is 2.39. The number of likely N-dealkylation sites (tertiary alicyclic amines) is 2. The topological polar surface area (TPSA) is 36.7 Å². The van der Waals surface area contributed by atoms with E-state index in [1.165, 1.54) is 30.5 Å². The number of rotatable bonds is 5. The number of benzene rings is 1. The molecule has 1 spiro atoms. The second-order valence-corrected chi connectivity index (χ2v) is 8.45. The van der Waals surface area contributed by atoms with Crippen molar-refractivity contribution in [2.45, 2.75) is 45.6 Å². The summed E-state index contributed by atoms with van der Waals surface area (Å²) >= 11 is 0. The van der Waals surface area contributed by atoms with Crippen molar-refractivity contribution in [3.8, 4) is 0 Å². The van der Waals surface area contributed by atoms with Crippen molar-refractivity contribution in [2.24, 2.45) is 5.41 Å². The van der Waals surface area contributed by atoms with Gasteiger partial charge in [0.05, 0.1) is 6.26 Å². The minimum absolute atomic E-state index is 0.277. The van der Waals surface area contributed by atoms with Crippen molar-refractivity contribution in [1.82, 2.24) is 9.80 Å². The van der Waals surface area contributed by atoms with Crippen LogP contribution in [-0.2, 0) is 17.8 Å². The second kappa shape index (κ2) is 7.89. The normalized spacial score (nSPS) is 23.2. The average Bonchev–Trinajstić information content (AvgIpc) is 3.30. The maximum absolute atomic E-state index is 12.6. The highest BCUT2D eigenvalue weighted by molar-refractivity contribution is 5.76. The van der Waals surface area contributed by atoms with E-state index in [-0.39, 0.29) is 5.91 Å². The SMILES string of the molecule is Cc1cccc(CN2CCCC3(CCN(C(=O)CCc4ccco4)C3)C2)c1. The minimum atomic E-state index is 0.277. The molecule has 2 saturated heterocycles. The monoisotopic (exact) mass is 366 g/mol. The van der Waals surface area contributed by atoms with E-state index in [2.05, 4.69) is 41.0 Å². The second-order valence-electron chi connectivity index (χ2n) is 8.45. The Hall–Kier alpha value is -2.07. The Morgan fingerprint density at radius 3 is 2.89 bits per heavy atom. The van der Waals surface area contributed by atoms with Gasteiger partial charge in [-0.2, -0.15) is 0 Å². The van der Waals surface area contributed by atoms with Crippen molar-refractivity contribution < 1.29 is 9.21 Å². The van der Waals surface area contributed by atoms with E-state index in [1.807, 2.05) is 12.1 Å². The molecule has 0 aliphatic carbocycles. The molecule has 1 unspecified atom stereocenters. The van der Waals surface area contributed by atoms with Gasteiger partial charge in [0.2, 0.25) is 5.91 Å². The number of carbonyl (C=O) groups excluding carboxylic acids is 1. The van der Waals surface area contributed by atoms with Gasteiger partial charge in [0.15, 0.2) is 0 Å². The van der Waals surface area contributed by atoms with Crippen LogP contribution < -0.4 is 0 Å². The molecule has 0 N–H and O–H groups in total. The fourth-order valence-electron chi connectivity index (χ4n) is 4.84. The Balaban J connectivity index is 1.32. The molecule has 2 aromatic rings. The molecule has 27 heavy (non-hydrogen) atoms. The van der Waals surface area contributed by atoms with Crippen molar-refractivity contribution in [1.29, 1.82) is 0 Å². The number of aryl methyl sites for hydroxylation is 2. The molecule has 4 nitrogen and oxygen atoms in total. The van der Waals surface area contributed by atoms with Crippen LogP contribution in [0.2, 0.25) is 0 Å². The first-order chi connectivity index (χ1) is 13.1. The predicted octanol–water partition coefficient (Wildman–Crippen LogP) is 4.04. The van der Waals surface area contributed by atoms with Crippen LogP contribution >= 0.6 is 0 Å². The summed E-state index contributed by atoms with van der Waals surface area (Å²) in [5.74, 6) is 1.18. The molecule has 1 aromatic carbocycles. The van der Waals surface area contributed by atoms with Gasteiger partial charge < -0.3 is 9.32 Å². The summed E-state index contributed by atoms with van der Waals surface area (Å²) in [4.78, 5) is 17.3. The zero-order valence-electron chi connectivity index (χ0n) is 16.3. The van der Waals surface area contributed by atoms with Gasteiger partial charge in [-0.1, -0.05) is 29.8 Å². The molecule has 0 saturated carbocycles. The van der Waals surface area contributed by atoms with E-state index in [4.69, 9.17) is 4.42 Å². The fraction of sp³-hybridized carbons (Fsp3) is 0.522. The number of piperidine rings is 1. The van der Waals surface area contributed by atoms with Gasteiger partial charge in [0.25, 0.3) is 0 Å². The molecule has 2 aliphatic heterocycles. The van der Waals surface area contributed by atoms with Gasteiger partial charge in [-0.25, -0.2) is 0 Å². The molecule has 4 rings (SSSR count). The zero-order chi connectivity index (χ0) is 18.7. The van der Waals surface area contributed by atoms with Crippen LogP contribution in [0.25, 0.3) is 0 Å². The first-order valence-electron chi connectivity index (χ1n) is 10.2. The van der Waals surface area contributed by atoms with Crippen molar-refractivity contribution in [3.05, 3.63) is 59.5 Å². The molecular weight excluding hydrogens is 336 g/mol. The first-order valence-corrected chi connectivity index (χ1v) is 10.2. The lowest BCUT2D eigenvalue weighted by Crippen LogP contribution is -2.45. The molecule has 0 radical (unpaired) electrons. The lowest BCUT2D eigenvalue weighted by atomic mass is 9.79. The number of amides is 1. The van der Waals surface area contributed by atoms with Gasteiger partial charge in [-0.05, 0) is 50.4 Å². The van der Waals surface area contributed by atoms with E-state index < -0.39 is 0 Å². The van der Waals surface area contributed by atoms with E-state index in [1.54, 1.807) is 6.26 Å². The molecule has 144 valence electrons. The zero-order valence-corrected chi connectivity index (χ0v) is 16.3. The molecule has 3 heterocycles. The van der Waals surface area contributed by atoms with Gasteiger partial charge in [0, 0.05) is 44.4 Å². The molecule has 4 heteroatoms. The summed E-state index contributed by atoms with van der Waals surface area (Å²) in [6, 6.07) is 12.7. The Morgan fingerprint density at radius 1 is 1.15 bits per heavy atom. The summed E-state index contributed by atoms with van der Waals surface area (Å²) in [6.07, 6.45) is 6.56. The smallest absolute Gasteiger partial charge is 0.223 e. The van der Waals surface area contributed by atoms with Gasteiger partial charge in [0.1, 0.15) is 5.76 Å². The van der Waals surface area contributed by atoms with Crippen LogP contribution in [0.1, 0.15) is 42.6 Å². The third-order valence-electron chi connectivity index (χ3n) is 6.19. The largest absolute Gasteiger partial charge is 0.469 e. The lowest BCUT2D eigenvalue weighted by Gasteiger charge is -2.40. The van der Waals surface area contributed by atoms with E-state index in [0.717, 1.165) is 38.4 Å². The highest BCUT2D eigenvalue weighted by atomic mass is 16.3. The Labute approximate surface area is 162 Å². The number of furan rings is 1. The number of hydrogen-bond donors (Lipinski definition) is 0. The fourth-order valence-corrected chi connectivity index (χ4v) is 4.84. The number of carbonyl (C=O) groups is 1. The highest BCUT2D eigenvalue weighted by Gasteiger charge is 2.42. The van der Waals surface area contributed by atoms with Gasteiger partial charge >= 0.3 is 0 Å². The van der Waals surface area contributed by atoms with Crippen molar-refractivity contribution >= 4 is 5.91 Å². The molecule has 0 bridgehead atoms. The number of nitrogens with zero attached hydrogens (tertiary/aromatic N) is 2.